The summed E-state index contributed by atoms with van der Waals surface area (Å²) in [6, 6.07) is -0.425. The summed E-state index contributed by atoms with van der Waals surface area (Å²) in [7, 11) is -4.07. The van der Waals surface area contributed by atoms with E-state index >= 15 is 0 Å². The number of nitrogens with two attached hydrogens (primary N) is 1. The van der Waals surface area contributed by atoms with Crippen molar-refractivity contribution < 1.29 is 21.6 Å². The first-order valence-corrected chi connectivity index (χ1v) is 5.75. The fourth-order valence-corrected chi connectivity index (χ4v) is 2.26. The van der Waals surface area contributed by atoms with E-state index in [0.717, 1.165) is 0 Å². The number of alkyl halides is 3. The van der Waals surface area contributed by atoms with Gasteiger partial charge in [-0.25, -0.2) is 0 Å². The Hall–Kier alpha value is -0.380. The van der Waals surface area contributed by atoms with Crippen LogP contribution in [0.2, 0.25) is 0 Å². The zero-order chi connectivity index (χ0) is 11.7. The summed E-state index contributed by atoms with van der Waals surface area (Å²) in [6.45, 7) is -1.57. The molecule has 1 aliphatic carbocycles. The highest BCUT2D eigenvalue weighted by atomic mass is 32.2. The molecule has 0 saturated heterocycles. The van der Waals surface area contributed by atoms with Gasteiger partial charge in [0.2, 0.25) is 0 Å². The molecule has 0 amide bonds. The third-order valence-corrected chi connectivity index (χ3v) is 3.13. The van der Waals surface area contributed by atoms with Crippen LogP contribution in [-0.4, -0.2) is 33.2 Å². The van der Waals surface area contributed by atoms with Gasteiger partial charge in [0.25, 0.3) is 10.2 Å². The van der Waals surface area contributed by atoms with Crippen LogP contribution in [0.1, 0.15) is 12.8 Å². The molecule has 1 aliphatic rings. The van der Waals surface area contributed by atoms with E-state index in [4.69, 9.17) is 5.73 Å². The molecule has 0 atom stereocenters. The van der Waals surface area contributed by atoms with Crippen LogP contribution in [0.5, 0.6) is 0 Å². The van der Waals surface area contributed by atoms with Crippen LogP contribution in [-0.2, 0) is 10.2 Å². The van der Waals surface area contributed by atoms with Gasteiger partial charge in [0, 0.05) is 12.1 Å². The van der Waals surface area contributed by atoms with Gasteiger partial charge in [0.05, 0.1) is 0 Å². The van der Waals surface area contributed by atoms with Crippen LogP contribution in [0.3, 0.4) is 0 Å². The average molecular weight is 247 g/mol. The lowest BCUT2D eigenvalue weighted by atomic mass is 9.89. The minimum absolute atomic E-state index is 0.0692. The van der Waals surface area contributed by atoms with Crippen LogP contribution in [0.15, 0.2) is 0 Å². The van der Waals surface area contributed by atoms with Gasteiger partial charge in [-0.1, -0.05) is 0 Å². The van der Waals surface area contributed by atoms with Gasteiger partial charge in [-0.2, -0.15) is 31.0 Å². The molecule has 0 aliphatic heterocycles. The van der Waals surface area contributed by atoms with Gasteiger partial charge >= 0.3 is 6.18 Å². The monoisotopic (exact) mass is 247 g/mol. The highest BCUT2D eigenvalue weighted by molar-refractivity contribution is 7.87. The van der Waals surface area contributed by atoms with E-state index in [1.54, 1.807) is 0 Å². The molecule has 90 valence electrons. The normalized spacial score (nSPS) is 27.5. The Morgan fingerprint density at radius 3 is 2.27 bits per heavy atom. The van der Waals surface area contributed by atoms with E-state index < -0.39 is 22.9 Å². The second-order valence-corrected chi connectivity index (χ2v) is 5.02. The second kappa shape index (κ2) is 4.24. The number of hydrogen-bond donors (Lipinski definition) is 3. The Labute approximate surface area is 85.4 Å². The SMILES string of the molecule is NC1CC(NS(=O)(=O)NCC(F)(F)F)C1. The molecule has 1 saturated carbocycles. The van der Waals surface area contributed by atoms with Crippen LogP contribution in [0.4, 0.5) is 13.2 Å². The van der Waals surface area contributed by atoms with E-state index in [1.807, 2.05) is 0 Å². The summed E-state index contributed by atoms with van der Waals surface area (Å²) in [6.07, 6.45) is -3.65. The quantitative estimate of drug-likeness (QED) is 0.624. The molecule has 9 heteroatoms. The molecule has 5 nitrogen and oxygen atoms in total. The summed E-state index contributed by atoms with van der Waals surface area (Å²) in [5.74, 6) is 0. The summed E-state index contributed by atoms with van der Waals surface area (Å²) in [5, 5.41) is 0. The number of halogens is 3. The van der Waals surface area contributed by atoms with Crippen molar-refractivity contribution >= 4 is 10.2 Å². The number of nitrogens with one attached hydrogen (secondary N) is 2. The summed E-state index contributed by atoms with van der Waals surface area (Å²) >= 11 is 0. The molecule has 1 fully saturated rings. The highest BCUT2D eigenvalue weighted by Gasteiger charge is 2.33. The van der Waals surface area contributed by atoms with Crippen molar-refractivity contribution in [3.63, 3.8) is 0 Å². The maximum Gasteiger partial charge on any atom is 0.402 e. The van der Waals surface area contributed by atoms with Crippen molar-refractivity contribution in [3.05, 3.63) is 0 Å². The molecule has 0 aromatic rings. The van der Waals surface area contributed by atoms with Crippen LogP contribution >= 0.6 is 0 Å². The third kappa shape index (κ3) is 4.78. The maximum absolute atomic E-state index is 11.7. The molecule has 1 rings (SSSR count). The molecule has 0 radical (unpaired) electrons. The highest BCUT2D eigenvalue weighted by Crippen LogP contribution is 2.18. The Morgan fingerprint density at radius 2 is 1.87 bits per heavy atom. The lowest BCUT2D eigenvalue weighted by Gasteiger charge is -2.32. The van der Waals surface area contributed by atoms with E-state index in [-0.39, 0.29) is 12.1 Å². The van der Waals surface area contributed by atoms with Gasteiger partial charge in [0.1, 0.15) is 6.54 Å². The lowest BCUT2D eigenvalue weighted by Crippen LogP contribution is -2.53. The van der Waals surface area contributed by atoms with Gasteiger partial charge < -0.3 is 5.73 Å². The van der Waals surface area contributed by atoms with E-state index in [1.165, 1.54) is 4.72 Å². The second-order valence-electron chi connectivity index (χ2n) is 3.49. The van der Waals surface area contributed by atoms with Gasteiger partial charge in [-0.05, 0) is 12.8 Å². The Balaban J connectivity index is 2.33. The Bertz CT molecular complexity index is 310. The lowest BCUT2D eigenvalue weighted by molar-refractivity contribution is -0.121. The molecule has 0 unspecified atom stereocenters. The average Bonchev–Trinajstić information content (AvgIpc) is 1.97. The van der Waals surface area contributed by atoms with Crippen molar-refractivity contribution in [2.45, 2.75) is 31.1 Å². The standard InChI is InChI=1S/C6H12F3N3O2S/c7-6(8,9)3-11-15(13,14)12-5-1-4(10)2-5/h4-5,11-12H,1-3,10H2. The summed E-state index contributed by atoms with van der Waals surface area (Å²) in [5.41, 5.74) is 5.40. The van der Waals surface area contributed by atoms with Crippen molar-refractivity contribution in [3.8, 4) is 0 Å². The third-order valence-electron chi connectivity index (χ3n) is 1.96. The maximum atomic E-state index is 11.7. The first-order valence-electron chi connectivity index (χ1n) is 4.27. The predicted molar refractivity (Wildman–Crippen MR) is 47.1 cm³/mol. The zero-order valence-electron chi connectivity index (χ0n) is 7.71. The molecular weight excluding hydrogens is 235 g/mol. The smallest absolute Gasteiger partial charge is 0.328 e. The van der Waals surface area contributed by atoms with Crippen LogP contribution in [0.25, 0.3) is 0 Å². The van der Waals surface area contributed by atoms with E-state index in [9.17, 15) is 21.6 Å². The Morgan fingerprint density at radius 1 is 1.33 bits per heavy atom. The number of rotatable bonds is 4. The Kier molecular flexibility index (Phi) is 3.59. The van der Waals surface area contributed by atoms with Crippen molar-refractivity contribution in [2.75, 3.05) is 6.54 Å². The minimum atomic E-state index is -4.55. The van der Waals surface area contributed by atoms with Crippen molar-refractivity contribution in [1.29, 1.82) is 0 Å². The molecule has 0 spiro atoms. The molecule has 0 aromatic carbocycles. The summed E-state index contributed by atoms with van der Waals surface area (Å²) < 4.78 is 60.7. The predicted octanol–water partition coefficient (Wildman–Crippen LogP) is -0.538. The minimum Gasteiger partial charge on any atom is -0.328 e. The van der Waals surface area contributed by atoms with E-state index in [0.29, 0.717) is 12.8 Å². The zero-order valence-corrected chi connectivity index (χ0v) is 8.53. The fourth-order valence-electron chi connectivity index (χ4n) is 1.20. The molecular formula is C6H12F3N3O2S. The van der Waals surface area contributed by atoms with Gasteiger partial charge in [-0.3, -0.25) is 0 Å². The molecule has 0 bridgehead atoms. The first-order chi connectivity index (χ1) is 6.68. The molecule has 0 heterocycles. The van der Waals surface area contributed by atoms with Crippen LogP contribution in [0, 0.1) is 0 Å². The summed E-state index contributed by atoms with van der Waals surface area (Å²) in [4.78, 5) is 0. The first kappa shape index (κ1) is 12.7. The van der Waals surface area contributed by atoms with Crippen molar-refractivity contribution in [1.82, 2.24) is 9.44 Å². The number of hydrogen-bond acceptors (Lipinski definition) is 3. The molecule has 15 heavy (non-hydrogen) atoms. The van der Waals surface area contributed by atoms with Crippen molar-refractivity contribution in [2.24, 2.45) is 5.73 Å². The largest absolute Gasteiger partial charge is 0.402 e. The molecule has 0 aromatic heterocycles. The van der Waals surface area contributed by atoms with Gasteiger partial charge in [-0.15, -0.1) is 0 Å². The molecule has 4 N–H and O–H groups in total. The fraction of sp³-hybridized carbons (Fsp3) is 1.00. The van der Waals surface area contributed by atoms with Crippen LogP contribution < -0.4 is 15.2 Å². The van der Waals surface area contributed by atoms with Gasteiger partial charge in [0.15, 0.2) is 0 Å². The topological polar surface area (TPSA) is 84.2 Å². The van der Waals surface area contributed by atoms with E-state index in [2.05, 4.69) is 4.72 Å².